The minimum Gasteiger partial charge on any atom is -0.461 e. The molecular weight excluding hydrogens is 264 g/mol. The Morgan fingerprint density at radius 2 is 1.95 bits per heavy atom. The molecule has 0 spiro atoms. The van der Waals surface area contributed by atoms with Crippen LogP contribution in [0, 0.1) is 10.1 Å². The lowest BCUT2D eigenvalue weighted by Gasteiger charge is -2.20. The Morgan fingerprint density at radius 1 is 1.35 bits per heavy atom. The number of benzene rings is 1. The summed E-state index contributed by atoms with van der Waals surface area (Å²) in [5, 5.41) is 13.6. The van der Waals surface area contributed by atoms with E-state index in [9.17, 15) is 19.7 Å². The van der Waals surface area contributed by atoms with Gasteiger partial charge >= 0.3 is 12.0 Å². The van der Waals surface area contributed by atoms with Crippen molar-refractivity contribution in [3.63, 3.8) is 0 Å². The number of nitro groups is 1. The molecule has 0 heterocycles. The molecule has 0 bridgehead atoms. The number of nitrogens with zero attached hydrogens (tertiary/aromatic N) is 1. The minimum absolute atomic E-state index is 0.0325. The predicted octanol–water partition coefficient (Wildman–Crippen LogP) is 1.07. The highest BCUT2D eigenvalue weighted by Gasteiger charge is 2.41. The Bertz CT molecular complexity index is 489. The van der Waals surface area contributed by atoms with Gasteiger partial charge in [0, 0.05) is 11.8 Å². The molecule has 1 rings (SSSR count). The normalized spacial score (nSPS) is 13.1. The maximum atomic E-state index is 11.8. The summed E-state index contributed by atoms with van der Waals surface area (Å²) in [6, 6.07) is 5.55. The molecule has 0 aliphatic rings. The summed E-state index contributed by atoms with van der Waals surface area (Å²) < 4.78 is 4.72. The van der Waals surface area contributed by atoms with Crippen LogP contribution in [0.3, 0.4) is 0 Å². The molecule has 0 aliphatic heterocycles. The summed E-state index contributed by atoms with van der Waals surface area (Å²) in [6.45, 7) is 2.83. The van der Waals surface area contributed by atoms with Crippen molar-refractivity contribution in [3.8, 4) is 0 Å². The van der Waals surface area contributed by atoms with E-state index >= 15 is 0 Å². The number of amides is 1. The van der Waals surface area contributed by atoms with Crippen LogP contribution in [-0.2, 0) is 14.3 Å². The van der Waals surface area contributed by atoms with Crippen LogP contribution in [0.2, 0.25) is 0 Å². The molecule has 2 unspecified atom stereocenters. The summed E-state index contributed by atoms with van der Waals surface area (Å²) in [5.41, 5.74) is 0.470. The standard InChI is InChI=1S/C13H16N2O5/c1-3-20-13(17)12(15(18)19)11(14-9(2)16)10-7-5-4-6-8-10/h4-8,11-12H,3H2,1-2H3,(H,14,16). The Balaban J connectivity index is 3.15. The van der Waals surface area contributed by atoms with Crippen LogP contribution in [0.1, 0.15) is 25.5 Å². The van der Waals surface area contributed by atoms with Crippen molar-refractivity contribution in [1.29, 1.82) is 0 Å². The van der Waals surface area contributed by atoms with Crippen molar-refractivity contribution in [3.05, 3.63) is 46.0 Å². The maximum absolute atomic E-state index is 11.8. The molecule has 0 aliphatic carbocycles. The van der Waals surface area contributed by atoms with Crippen molar-refractivity contribution in [2.24, 2.45) is 0 Å². The zero-order valence-electron chi connectivity index (χ0n) is 11.2. The van der Waals surface area contributed by atoms with E-state index in [0.717, 1.165) is 0 Å². The van der Waals surface area contributed by atoms with Crippen molar-refractivity contribution in [1.82, 2.24) is 5.32 Å². The van der Waals surface area contributed by atoms with Gasteiger partial charge in [0.1, 0.15) is 6.04 Å². The topological polar surface area (TPSA) is 98.5 Å². The van der Waals surface area contributed by atoms with Gasteiger partial charge in [0.2, 0.25) is 5.91 Å². The summed E-state index contributed by atoms with van der Waals surface area (Å²) in [4.78, 5) is 33.4. The highest BCUT2D eigenvalue weighted by atomic mass is 16.6. The highest BCUT2D eigenvalue weighted by molar-refractivity contribution is 5.78. The van der Waals surface area contributed by atoms with Gasteiger partial charge in [-0.15, -0.1) is 0 Å². The number of nitrogens with one attached hydrogen (secondary N) is 1. The Hall–Kier alpha value is -2.44. The Labute approximate surface area is 116 Å². The number of carbonyl (C=O) groups excluding carboxylic acids is 2. The first-order valence-electron chi connectivity index (χ1n) is 6.09. The van der Waals surface area contributed by atoms with E-state index < -0.39 is 28.9 Å². The first kappa shape index (κ1) is 15.6. The smallest absolute Gasteiger partial charge is 0.384 e. The first-order valence-corrected chi connectivity index (χ1v) is 6.09. The zero-order valence-corrected chi connectivity index (χ0v) is 11.2. The van der Waals surface area contributed by atoms with Crippen molar-refractivity contribution >= 4 is 11.9 Å². The van der Waals surface area contributed by atoms with E-state index in [-0.39, 0.29) is 6.61 Å². The van der Waals surface area contributed by atoms with Gasteiger partial charge in [-0.25, -0.2) is 4.79 Å². The summed E-state index contributed by atoms with van der Waals surface area (Å²) in [7, 11) is 0. The monoisotopic (exact) mass is 280 g/mol. The van der Waals surface area contributed by atoms with Crippen LogP contribution >= 0.6 is 0 Å². The van der Waals surface area contributed by atoms with Crippen LogP contribution in [-0.4, -0.2) is 29.4 Å². The lowest BCUT2D eigenvalue weighted by molar-refractivity contribution is -0.515. The van der Waals surface area contributed by atoms with E-state index in [1.54, 1.807) is 37.3 Å². The van der Waals surface area contributed by atoms with Gasteiger partial charge in [-0.05, 0) is 12.5 Å². The van der Waals surface area contributed by atoms with E-state index in [1.807, 2.05) is 0 Å². The average molecular weight is 280 g/mol. The SMILES string of the molecule is CCOC(=O)C(C(NC(C)=O)c1ccccc1)[N+](=O)[O-]. The lowest BCUT2D eigenvalue weighted by atomic mass is 9.99. The maximum Gasteiger partial charge on any atom is 0.384 e. The molecule has 1 aromatic carbocycles. The summed E-state index contributed by atoms with van der Waals surface area (Å²) in [6.07, 6.45) is 0. The number of carbonyl (C=O) groups is 2. The molecule has 0 saturated heterocycles. The fourth-order valence-electron chi connectivity index (χ4n) is 1.80. The third-order valence-corrected chi connectivity index (χ3v) is 2.59. The van der Waals surface area contributed by atoms with Crippen LogP contribution in [0.5, 0.6) is 0 Å². The van der Waals surface area contributed by atoms with Gasteiger partial charge in [0.15, 0.2) is 0 Å². The van der Waals surface area contributed by atoms with Crippen LogP contribution < -0.4 is 5.32 Å². The molecule has 0 aromatic heterocycles. The molecule has 1 N–H and O–H groups in total. The lowest BCUT2D eigenvalue weighted by Crippen LogP contribution is -2.45. The molecule has 7 heteroatoms. The van der Waals surface area contributed by atoms with Crippen LogP contribution in [0.4, 0.5) is 0 Å². The summed E-state index contributed by atoms with van der Waals surface area (Å²) in [5.74, 6) is -1.44. The molecule has 1 aromatic rings. The number of esters is 1. The van der Waals surface area contributed by atoms with E-state index in [2.05, 4.69) is 5.32 Å². The zero-order chi connectivity index (χ0) is 15.1. The number of hydrogen-bond donors (Lipinski definition) is 1. The van der Waals surface area contributed by atoms with Crippen molar-refractivity contribution < 1.29 is 19.2 Å². The largest absolute Gasteiger partial charge is 0.461 e. The second-order valence-electron chi connectivity index (χ2n) is 4.07. The third kappa shape index (κ3) is 4.04. The number of ether oxygens (including phenoxy) is 1. The quantitative estimate of drug-likeness (QED) is 0.477. The molecule has 0 saturated carbocycles. The molecule has 0 fully saturated rings. The van der Waals surface area contributed by atoms with Gasteiger partial charge in [0.05, 0.1) is 6.61 Å². The van der Waals surface area contributed by atoms with Crippen molar-refractivity contribution in [2.45, 2.75) is 25.9 Å². The van der Waals surface area contributed by atoms with Gasteiger partial charge in [-0.3, -0.25) is 14.9 Å². The molecule has 2 atom stereocenters. The van der Waals surface area contributed by atoms with Gasteiger partial charge in [-0.1, -0.05) is 30.3 Å². The molecule has 20 heavy (non-hydrogen) atoms. The van der Waals surface area contributed by atoms with Crippen LogP contribution in [0.15, 0.2) is 30.3 Å². The second-order valence-corrected chi connectivity index (χ2v) is 4.07. The number of hydrogen-bond acceptors (Lipinski definition) is 5. The second kappa shape index (κ2) is 7.22. The summed E-state index contributed by atoms with van der Waals surface area (Å²) >= 11 is 0. The highest BCUT2D eigenvalue weighted by Crippen LogP contribution is 2.20. The van der Waals surface area contributed by atoms with E-state index in [0.29, 0.717) is 5.56 Å². The third-order valence-electron chi connectivity index (χ3n) is 2.59. The van der Waals surface area contributed by atoms with Crippen LogP contribution in [0.25, 0.3) is 0 Å². The minimum atomic E-state index is -1.68. The number of rotatable bonds is 6. The molecular formula is C13H16N2O5. The van der Waals surface area contributed by atoms with E-state index in [4.69, 9.17) is 4.74 Å². The first-order chi connectivity index (χ1) is 9.47. The fraction of sp³-hybridized carbons (Fsp3) is 0.385. The fourth-order valence-corrected chi connectivity index (χ4v) is 1.80. The average Bonchev–Trinajstić information content (AvgIpc) is 2.38. The van der Waals surface area contributed by atoms with Gasteiger partial charge in [-0.2, -0.15) is 0 Å². The molecule has 1 amide bonds. The molecule has 108 valence electrons. The van der Waals surface area contributed by atoms with E-state index in [1.165, 1.54) is 6.92 Å². The van der Waals surface area contributed by atoms with Gasteiger partial charge < -0.3 is 10.1 Å². The molecule has 7 nitrogen and oxygen atoms in total. The molecule has 0 radical (unpaired) electrons. The Morgan fingerprint density at radius 3 is 2.40 bits per heavy atom. The van der Waals surface area contributed by atoms with Crippen molar-refractivity contribution in [2.75, 3.05) is 6.61 Å². The predicted molar refractivity (Wildman–Crippen MR) is 70.4 cm³/mol. The van der Waals surface area contributed by atoms with Gasteiger partial charge in [0.25, 0.3) is 0 Å². The Kier molecular flexibility index (Phi) is 5.64.